The van der Waals surface area contributed by atoms with Crippen molar-refractivity contribution in [3.8, 4) is 0 Å². The maximum absolute atomic E-state index is 11.9. The Kier molecular flexibility index (Phi) is 4.02. The van der Waals surface area contributed by atoms with Gasteiger partial charge < -0.3 is 9.47 Å². The van der Waals surface area contributed by atoms with Crippen LogP contribution in [0.1, 0.15) is 40.4 Å². The highest BCUT2D eigenvalue weighted by molar-refractivity contribution is 5.98. The molecular weight excluding hydrogens is 260 g/mol. The zero-order chi connectivity index (χ0) is 14.7. The molecule has 2 aromatic heterocycles. The number of rotatable bonds is 4. The topological polar surface area (TPSA) is 69.9 Å². The molecule has 2 rings (SSSR count). The maximum atomic E-state index is 11.9. The summed E-state index contributed by atoms with van der Waals surface area (Å²) in [5, 5.41) is 0. The summed E-state index contributed by atoms with van der Waals surface area (Å²) in [7, 11) is 1.32. The van der Waals surface area contributed by atoms with E-state index in [1.165, 1.54) is 7.11 Å². The molecule has 0 saturated heterocycles. The maximum Gasteiger partial charge on any atom is 0.357 e. The summed E-state index contributed by atoms with van der Waals surface area (Å²) in [6, 6.07) is 3.30. The number of carbonyl (C=O) groups excluding carboxylic acids is 2. The van der Waals surface area contributed by atoms with Crippen LogP contribution in [-0.2, 0) is 15.9 Å². The average Bonchev–Trinajstić information content (AvgIpc) is 2.84. The monoisotopic (exact) mass is 276 g/mol. The number of imidazole rings is 1. The zero-order valence-electron chi connectivity index (χ0n) is 11.7. The van der Waals surface area contributed by atoms with Gasteiger partial charge in [0.1, 0.15) is 5.56 Å². The molecule has 106 valence electrons. The third-order valence-electron chi connectivity index (χ3n) is 2.93. The van der Waals surface area contributed by atoms with Gasteiger partial charge in [0.25, 0.3) is 0 Å². The van der Waals surface area contributed by atoms with Gasteiger partial charge in [-0.05, 0) is 25.5 Å². The second kappa shape index (κ2) is 5.73. The molecule has 6 heteroatoms. The van der Waals surface area contributed by atoms with E-state index < -0.39 is 11.9 Å². The molecule has 0 atom stereocenters. The van der Waals surface area contributed by atoms with Crippen LogP contribution in [0.4, 0.5) is 0 Å². The molecular formula is C14H16N2O4. The van der Waals surface area contributed by atoms with E-state index in [2.05, 4.69) is 4.98 Å². The molecule has 0 fully saturated rings. The number of carbonyl (C=O) groups is 2. The quantitative estimate of drug-likeness (QED) is 0.797. The average molecular weight is 276 g/mol. The van der Waals surface area contributed by atoms with E-state index in [1.807, 2.05) is 6.92 Å². The largest absolute Gasteiger partial charge is 0.464 e. The summed E-state index contributed by atoms with van der Waals surface area (Å²) in [6.45, 7) is 3.91. The van der Waals surface area contributed by atoms with E-state index in [4.69, 9.17) is 9.47 Å². The van der Waals surface area contributed by atoms with Gasteiger partial charge in [-0.2, -0.15) is 0 Å². The Balaban J connectivity index is 2.68. The Labute approximate surface area is 116 Å². The molecule has 0 amide bonds. The molecule has 0 radical (unpaired) electrons. The molecule has 0 spiro atoms. The first kappa shape index (κ1) is 14.0. The fourth-order valence-electron chi connectivity index (χ4n) is 2.04. The smallest absolute Gasteiger partial charge is 0.357 e. The van der Waals surface area contributed by atoms with E-state index in [-0.39, 0.29) is 6.61 Å². The fourth-order valence-corrected chi connectivity index (χ4v) is 2.04. The number of esters is 2. The first-order valence-corrected chi connectivity index (χ1v) is 6.39. The van der Waals surface area contributed by atoms with Crippen molar-refractivity contribution in [3.05, 3.63) is 35.3 Å². The number of nitrogens with zero attached hydrogens (tertiary/aromatic N) is 2. The van der Waals surface area contributed by atoms with Crippen molar-refractivity contribution >= 4 is 17.6 Å². The van der Waals surface area contributed by atoms with Crippen molar-refractivity contribution < 1.29 is 19.1 Å². The second-order valence-corrected chi connectivity index (χ2v) is 4.09. The molecule has 0 saturated carbocycles. The second-order valence-electron chi connectivity index (χ2n) is 4.09. The lowest BCUT2D eigenvalue weighted by atomic mass is 10.2. The van der Waals surface area contributed by atoms with Crippen LogP contribution in [-0.4, -0.2) is 35.0 Å². The zero-order valence-corrected chi connectivity index (χ0v) is 11.7. The van der Waals surface area contributed by atoms with E-state index >= 15 is 0 Å². The number of pyridine rings is 1. The standard InChI is InChI=1S/C14H16N2O4/c1-4-10-11(14(18)19-3)16-8-6-7-9(12(16)15-10)13(17)20-5-2/h6-8H,4-5H2,1-3H3. The molecule has 0 aromatic carbocycles. The van der Waals surface area contributed by atoms with Gasteiger partial charge in [-0.15, -0.1) is 0 Å². The van der Waals surface area contributed by atoms with Crippen molar-refractivity contribution in [2.75, 3.05) is 13.7 Å². The predicted octanol–water partition coefficient (Wildman–Crippen LogP) is 1.86. The minimum atomic E-state index is -0.477. The summed E-state index contributed by atoms with van der Waals surface area (Å²) in [5.41, 5.74) is 1.67. The molecule has 0 unspecified atom stereocenters. The summed E-state index contributed by atoms with van der Waals surface area (Å²) in [5.74, 6) is -0.933. The van der Waals surface area contributed by atoms with Crippen molar-refractivity contribution in [2.45, 2.75) is 20.3 Å². The Hall–Kier alpha value is -2.37. The van der Waals surface area contributed by atoms with Crippen molar-refractivity contribution in [1.29, 1.82) is 0 Å². The Morgan fingerprint density at radius 1 is 1.30 bits per heavy atom. The molecule has 20 heavy (non-hydrogen) atoms. The lowest BCUT2D eigenvalue weighted by Crippen LogP contribution is -2.10. The number of methoxy groups -OCH3 is 1. The Bertz CT molecular complexity index is 660. The van der Waals surface area contributed by atoms with Crippen molar-refractivity contribution in [3.63, 3.8) is 0 Å². The summed E-state index contributed by atoms with van der Waals surface area (Å²) < 4.78 is 11.3. The molecule has 6 nitrogen and oxygen atoms in total. The van der Waals surface area contributed by atoms with E-state index in [0.717, 1.165) is 0 Å². The molecule has 0 N–H and O–H groups in total. The van der Waals surface area contributed by atoms with Crippen LogP contribution in [0.5, 0.6) is 0 Å². The molecule has 2 heterocycles. The third-order valence-corrected chi connectivity index (χ3v) is 2.93. The molecule has 0 aliphatic heterocycles. The van der Waals surface area contributed by atoms with Gasteiger partial charge in [0.15, 0.2) is 11.3 Å². The number of aryl methyl sites for hydroxylation is 1. The van der Waals surface area contributed by atoms with Crippen LogP contribution >= 0.6 is 0 Å². The molecule has 0 aliphatic rings. The van der Waals surface area contributed by atoms with Crippen LogP contribution in [0.15, 0.2) is 18.3 Å². The SMILES string of the molecule is CCOC(=O)c1cccn2c(C(=O)OC)c(CC)nc12. The van der Waals surface area contributed by atoms with Gasteiger partial charge in [0.05, 0.1) is 19.4 Å². The van der Waals surface area contributed by atoms with Crippen LogP contribution < -0.4 is 0 Å². The number of aromatic nitrogens is 2. The highest BCUT2D eigenvalue weighted by Crippen LogP contribution is 2.18. The highest BCUT2D eigenvalue weighted by Gasteiger charge is 2.22. The van der Waals surface area contributed by atoms with Crippen molar-refractivity contribution in [1.82, 2.24) is 9.38 Å². The summed E-state index contributed by atoms with van der Waals surface area (Å²) >= 11 is 0. The van der Waals surface area contributed by atoms with Crippen LogP contribution in [0.3, 0.4) is 0 Å². The number of hydrogen-bond donors (Lipinski definition) is 0. The lowest BCUT2D eigenvalue weighted by Gasteiger charge is -2.04. The van der Waals surface area contributed by atoms with Gasteiger partial charge >= 0.3 is 11.9 Å². The van der Waals surface area contributed by atoms with E-state index in [9.17, 15) is 9.59 Å². The minimum absolute atomic E-state index is 0.283. The first-order valence-electron chi connectivity index (χ1n) is 6.39. The fraction of sp³-hybridized carbons (Fsp3) is 0.357. The Morgan fingerprint density at radius 2 is 2.05 bits per heavy atom. The van der Waals surface area contributed by atoms with Gasteiger partial charge in [0.2, 0.25) is 0 Å². The van der Waals surface area contributed by atoms with Crippen LogP contribution in [0.25, 0.3) is 5.65 Å². The normalized spacial score (nSPS) is 10.6. The molecule has 2 aromatic rings. The third kappa shape index (κ3) is 2.24. The summed E-state index contributed by atoms with van der Waals surface area (Å²) in [6.07, 6.45) is 2.24. The van der Waals surface area contributed by atoms with Crippen LogP contribution in [0, 0.1) is 0 Å². The molecule has 0 bridgehead atoms. The van der Waals surface area contributed by atoms with E-state index in [1.54, 1.807) is 29.7 Å². The van der Waals surface area contributed by atoms with Gasteiger partial charge in [-0.25, -0.2) is 14.6 Å². The minimum Gasteiger partial charge on any atom is -0.464 e. The van der Waals surface area contributed by atoms with Crippen molar-refractivity contribution in [2.24, 2.45) is 0 Å². The number of fused-ring (bicyclic) bond motifs is 1. The van der Waals surface area contributed by atoms with Gasteiger partial charge in [0, 0.05) is 6.20 Å². The van der Waals surface area contributed by atoms with Crippen LogP contribution in [0.2, 0.25) is 0 Å². The Morgan fingerprint density at radius 3 is 2.65 bits per heavy atom. The summed E-state index contributed by atoms with van der Waals surface area (Å²) in [4.78, 5) is 28.2. The van der Waals surface area contributed by atoms with Gasteiger partial charge in [-0.1, -0.05) is 6.92 Å². The van der Waals surface area contributed by atoms with E-state index in [0.29, 0.717) is 29.0 Å². The van der Waals surface area contributed by atoms with Gasteiger partial charge in [-0.3, -0.25) is 4.40 Å². The first-order chi connectivity index (χ1) is 9.63. The predicted molar refractivity (Wildman–Crippen MR) is 71.9 cm³/mol. The number of ether oxygens (including phenoxy) is 2. The highest BCUT2D eigenvalue weighted by atomic mass is 16.5. The lowest BCUT2D eigenvalue weighted by molar-refractivity contribution is 0.0525. The molecule has 0 aliphatic carbocycles. The number of hydrogen-bond acceptors (Lipinski definition) is 5.